The van der Waals surface area contributed by atoms with E-state index in [1.165, 1.54) is 6.42 Å². The van der Waals surface area contributed by atoms with Gasteiger partial charge in [0.15, 0.2) is 0 Å². The third-order valence-electron chi connectivity index (χ3n) is 2.70. The van der Waals surface area contributed by atoms with Crippen LogP contribution in [0.5, 0.6) is 0 Å². The van der Waals surface area contributed by atoms with Gasteiger partial charge in [-0.15, -0.1) is 0 Å². The van der Waals surface area contributed by atoms with Crippen LogP contribution < -0.4 is 0 Å². The zero-order valence-corrected chi connectivity index (χ0v) is 7.34. The summed E-state index contributed by atoms with van der Waals surface area (Å²) in [7, 11) is 0. The Hall–Kier alpha value is 0.180. The van der Waals surface area contributed by atoms with Crippen LogP contribution in [0.2, 0.25) is 0 Å². The molecule has 0 aliphatic heterocycles. The standard InChI is InChI=1S/C8H11BrO/c9-8(5-10)4-6-1-2-7(8)3-6/h1-2,6-7,10H,3-5H2/t6-,7+,8+/m1/s1. The van der Waals surface area contributed by atoms with Crippen LogP contribution in [-0.2, 0) is 0 Å². The van der Waals surface area contributed by atoms with Gasteiger partial charge < -0.3 is 5.11 Å². The zero-order chi connectivity index (χ0) is 7.19. The van der Waals surface area contributed by atoms with Gasteiger partial charge in [-0.3, -0.25) is 0 Å². The molecule has 0 amide bonds. The molecule has 3 atom stereocenters. The molecule has 0 aromatic heterocycles. The minimum absolute atomic E-state index is 0.0341. The van der Waals surface area contributed by atoms with E-state index in [9.17, 15) is 0 Å². The van der Waals surface area contributed by atoms with Gasteiger partial charge in [0.1, 0.15) is 0 Å². The third-order valence-corrected chi connectivity index (χ3v) is 3.86. The van der Waals surface area contributed by atoms with Gasteiger partial charge in [-0.1, -0.05) is 28.1 Å². The van der Waals surface area contributed by atoms with E-state index in [0.717, 1.165) is 12.3 Å². The molecule has 2 aliphatic rings. The highest BCUT2D eigenvalue weighted by Crippen LogP contribution is 2.50. The second-order valence-corrected chi connectivity index (χ2v) is 4.96. The van der Waals surface area contributed by atoms with Gasteiger partial charge >= 0.3 is 0 Å². The second-order valence-electron chi connectivity index (χ2n) is 3.38. The van der Waals surface area contributed by atoms with Crippen molar-refractivity contribution in [2.45, 2.75) is 17.2 Å². The van der Waals surface area contributed by atoms with Gasteiger partial charge in [0.2, 0.25) is 0 Å². The van der Waals surface area contributed by atoms with Gasteiger partial charge in [-0.05, 0) is 24.7 Å². The highest BCUT2D eigenvalue weighted by atomic mass is 79.9. The lowest BCUT2D eigenvalue weighted by Crippen LogP contribution is -2.30. The quantitative estimate of drug-likeness (QED) is 0.508. The molecule has 0 unspecified atom stereocenters. The molecule has 0 spiro atoms. The van der Waals surface area contributed by atoms with E-state index in [0.29, 0.717) is 5.92 Å². The number of halogens is 1. The molecule has 0 radical (unpaired) electrons. The smallest absolute Gasteiger partial charge is 0.0590 e. The van der Waals surface area contributed by atoms with Crippen molar-refractivity contribution in [3.8, 4) is 0 Å². The summed E-state index contributed by atoms with van der Waals surface area (Å²) in [6, 6.07) is 0. The van der Waals surface area contributed by atoms with E-state index in [4.69, 9.17) is 5.11 Å². The van der Waals surface area contributed by atoms with Gasteiger partial charge in [0, 0.05) is 0 Å². The monoisotopic (exact) mass is 202 g/mol. The SMILES string of the molecule is OC[C@@]1(Br)C[C@@H]2C=C[C@H]1C2. The molecule has 0 heterocycles. The Bertz CT molecular complexity index is 178. The fourth-order valence-corrected chi connectivity index (χ4v) is 2.83. The van der Waals surface area contributed by atoms with Crippen molar-refractivity contribution in [2.24, 2.45) is 11.8 Å². The average Bonchev–Trinajstić information content (AvgIpc) is 2.46. The number of fused-ring (bicyclic) bond motifs is 2. The van der Waals surface area contributed by atoms with E-state index in [2.05, 4.69) is 28.1 Å². The Morgan fingerprint density at radius 2 is 2.40 bits per heavy atom. The Morgan fingerprint density at radius 1 is 1.60 bits per heavy atom. The maximum Gasteiger partial charge on any atom is 0.0590 e. The molecule has 10 heavy (non-hydrogen) atoms. The first-order chi connectivity index (χ1) is 4.74. The molecule has 1 nitrogen and oxygen atoms in total. The topological polar surface area (TPSA) is 20.2 Å². The van der Waals surface area contributed by atoms with Gasteiger partial charge in [-0.2, -0.15) is 0 Å². The zero-order valence-electron chi connectivity index (χ0n) is 5.76. The minimum Gasteiger partial charge on any atom is -0.395 e. The number of aliphatic hydroxyl groups excluding tert-OH is 1. The molecule has 1 fully saturated rings. The Labute approximate surface area is 69.3 Å². The van der Waals surface area contributed by atoms with Crippen molar-refractivity contribution < 1.29 is 5.11 Å². The summed E-state index contributed by atoms with van der Waals surface area (Å²) >= 11 is 3.60. The van der Waals surface area contributed by atoms with Crippen molar-refractivity contribution in [2.75, 3.05) is 6.61 Å². The third kappa shape index (κ3) is 0.785. The minimum atomic E-state index is 0.0341. The number of alkyl halides is 1. The maximum atomic E-state index is 9.07. The molecule has 1 saturated carbocycles. The lowest BCUT2D eigenvalue weighted by atomic mass is 9.94. The molecular weight excluding hydrogens is 192 g/mol. The Balaban J connectivity index is 2.22. The van der Waals surface area contributed by atoms with Crippen LogP contribution in [0, 0.1) is 11.8 Å². The molecule has 1 N–H and O–H groups in total. The highest BCUT2D eigenvalue weighted by Gasteiger charge is 2.45. The van der Waals surface area contributed by atoms with Crippen LogP contribution >= 0.6 is 15.9 Å². The molecule has 0 aromatic rings. The lowest BCUT2D eigenvalue weighted by molar-refractivity contribution is 0.234. The summed E-state index contributed by atoms with van der Waals surface area (Å²) in [5, 5.41) is 9.07. The van der Waals surface area contributed by atoms with Crippen LogP contribution in [-0.4, -0.2) is 16.0 Å². The number of allylic oxidation sites excluding steroid dienone is 2. The van der Waals surface area contributed by atoms with E-state index >= 15 is 0 Å². The first-order valence-corrected chi connectivity index (χ1v) is 4.52. The van der Waals surface area contributed by atoms with E-state index in [1.54, 1.807) is 0 Å². The summed E-state index contributed by atoms with van der Waals surface area (Å²) in [5.74, 6) is 1.32. The van der Waals surface area contributed by atoms with Crippen LogP contribution in [0.25, 0.3) is 0 Å². The first-order valence-electron chi connectivity index (χ1n) is 3.73. The molecule has 2 heteroatoms. The number of rotatable bonds is 1. The molecule has 56 valence electrons. The average molecular weight is 203 g/mol. The van der Waals surface area contributed by atoms with Crippen molar-refractivity contribution in [3.05, 3.63) is 12.2 Å². The molecule has 2 aliphatic carbocycles. The second kappa shape index (κ2) is 2.08. The van der Waals surface area contributed by atoms with E-state index in [-0.39, 0.29) is 10.9 Å². The Kier molecular flexibility index (Phi) is 1.43. The molecule has 2 rings (SSSR count). The molecule has 0 aromatic carbocycles. The normalized spacial score (nSPS) is 50.6. The molecule has 0 saturated heterocycles. The van der Waals surface area contributed by atoms with Crippen LogP contribution in [0.3, 0.4) is 0 Å². The predicted octanol–water partition coefficient (Wildman–Crippen LogP) is 1.71. The van der Waals surface area contributed by atoms with E-state index < -0.39 is 0 Å². The van der Waals surface area contributed by atoms with Crippen molar-refractivity contribution in [1.82, 2.24) is 0 Å². The van der Waals surface area contributed by atoms with Gasteiger partial charge in [-0.25, -0.2) is 0 Å². The van der Waals surface area contributed by atoms with Crippen LogP contribution in [0.15, 0.2) is 12.2 Å². The van der Waals surface area contributed by atoms with Crippen molar-refractivity contribution in [3.63, 3.8) is 0 Å². The van der Waals surface area contributed by atoms with Gasteiger partial charge in [0.05, 0.1) is 10.9 Å². The summed E-state index contributed by atoms with van der Waals surface area (Å²) in [6.07, 6.45) is 6.87. The maximum absolute atomic E-state index is 9.07. The summed E-state index contributed by atoms with van der Waals surface area (Å²) in [5.41, 5.74) is 0. The Morgan fingerprint density at radius 3 is 2.70 bits per heavy atom. The molecule has 2 bridgehead atoms. The van der Waals surface area contributed by atoms with Crippen molar-refractivity contribution in [1.29, 1.82) is 0 Å². The summed E-state index contributed by atoms with van der Waals surface area (Å²) < 4.78 is 0.0341. The number of hydrogen-bond donors (Lipinski definition) is 1. The summed E-state index contributed by atoms with van der Waals surface area (Å²) in [6.45, 7) is 0.276. The fourth-order valence-electron chi connectivity index (χ4n) is 2.08. The predicted molar refractivity (Wildman–Crippen MR) is 44.1 cm³/mol. The highest BCUT2D eigenvalue weighted by molar-refractivity contribution is 9.10. The number of hydrogen-bond acceptors (Lipinski definition) is 1. The van der Waals surface area contributed by atoms with Crippen LogP contribution in [0.1, 0.15) is 12.8 Å². The molecular formula is C8H11BrO. The number of aliphatic hydroxyl groups is 1. The van der Waals surface area contributed by atoms with E-state index in [1.807, 2.05) is 0 Å². The first kappa shape index (κ1) is 6.86. The largest absolute Gasteiger partial charge is 0.395 e. The fraction of sp³-hybridized carbons (Fsp3) is 0.750. The summed E-state index contributed by atoms with van der Waals surface area (Å²) in [4.78, 5) is 0. The van der Waals surface area contributed by atoms with Crippen LogP contribution in [0.4, 0.5) is 0 Å². The van der Waals surface area contributed by atoms with Crippen molar-refractivity contribution >= 4 is 15.9 Å². The lowest BCUT2D eigenvalue weighted by Gasteiger charge is -2.26. The van der Waals surface area contributed by atoms with Gasteiger partial charge in [0.25, 0.3) is 0 Å².